The fourth-order valence-electron chi connectivity index (χ4n) is 4.78. The van der Waals surface area contributed by atoms with Crippen molar-refractivity contribution in [3.05, 3.63) is 34.6 Å². The van der Waals surface area contributed by atoms with Gasteiger partial charge in [-0.2, -0.15) is 20.0 Å². The molecule has 1 aliphatic carbocycles. The van der Waals surface area contributed by atoms with E-state index in [4.69, 9.17) is 11.6 Å². The first-order chi connectivity index (χ1) is 16.0. The number of nitrogens with one attached hydrogen (secondary N) is 2. The molecule has 2 atom stereocenters. The Morgan fingerprint density at radius 3 is 2.67 bits per heavy atom. The number of halogens is 1. The number of benzene rings is 1. The van der Waals surface area contributed by atoms with Crippen LogP contribution in [-0.4, -0.2) is 62.7 Å². The molecule has 3 fully saturated rings. The number of likely N-dealkylation sites (N-methyl/N-ethyl adjacent to an activating group) is 1. The first kappa shape index (κ1) is 20.0. The minimum atomic E-state index is 0.269. The zero-order valence-corrected chi connectivity index (χ0v) is 18.7. The number of hydrogen-bond donors (Lipinski definition) is 2. The number of rotatable bonds is 5. The van der Waals surface area contributed by atoms with Crippen LogP contribution < -0.4 is 15.5 Å². The predicted octanol–water partition coefficient (Wildman–Crippen LogP) is 2.73. The van der Waals surface area contributed by atoms with E-state index < -0.39 is 0 Å². The molecular formula is C22H21ClN10. The van der Waals surface area contributed by atoms with Crippen molar-refractivity contribution in [2.45, 2.75) is 37.4 Å². The third-order valence-electron chi connectivity index (χ3n) is 6.65. The van der Waals surface area contributed by atoms with E-state index in [1.54, 1.807) is 6.07 Å². The molecule has 4 heterocycles. The molecule has 2 bridgehead atoms. The van der Waals surface area contributed by atoms with Gasteiger partial charge in [0.2, 0.25) is 5.95 Å². The third kappa shape index (κ3) is 3.39. The average Bonchev–Trinajstić information content (AvgIpc) is 3.22. The van der Waals surface area contributed by atoms with Gasteiger partial charge in [0.05, 0.1) is 34.2 Å². The maximum absolute atomic E-state index is 9.65. The molecule has 3 aliphatic rings. The van der Waals surface area contributed by atoms with Crippen molar-refractivity contribution in [2.24, 2.45) is 0 Å². The van der Waals surface area contributed by atoms with Crippen LogP contribution in [0.25, 0.3) is 5.65 Å². The number of hydrogen-bond acceptors (Lipinski definition) is 9. The van der Waals surface area contributed by atoms with Gasteiger partial charge in [0.15, 0.2) is 17.2 Å². The van der Waals surface area contributed by atoms with Gasteiger partial charge in [0.25, 0.3) is 0 Å². The van der Waals surface area contributed by atoms with Crippen LogP contribution in [0, 0.1) is 22.7 Å². The van der Waals surface area contributed by atoms with Gasteiger partial charge >= 0.3 is 0 Å². The van der Waals surface area contributed by atoms with Crippen LogP contribution in [0.5, 0.6) is 0 Å². The number of imidazole rings is 1. The molecule has 0 unspecified atom stereocenters. The van der Waals surface area contributed by atoms with Crippen LogP contribution in [0.15, 0.2) is 18.3 Å². The van der Waals surface area contributed by atoms with Gasteiger partial charge in [0, 0.05) is 31.2 Å². The molecule has 2 N–H and O–H groups in total. The summed E-state index contributed by atoms with van der Waals surface area (Å²) in [5.41, 5.74) is 2.71. The Kier molecular flexibility index (Phi) is 4.54. The molecule has 0 amide bonds. The molecule has 6 rings (SSSR count). The van der Waals surface area contributed by atoms with Crippen molar-refractivity contribution in [3.63, 3.8) is 0 Å². The van der Waals surface area contributed by atoms with Gasteiger partial charge in [-0.3, -0.25) is 4.90 Å². The fourth-order valence-corrected chi connectivity index (χ4v) is 5.05. The highest BCUT2D eigenvalue weighted by Crippen LogP contribution is 2.41. The lowest BCUT2D eigenvalue weighted by atomic mass is 10.1. The van der Waals surface area contributed by atoms with Crippen molar-refractivity contribution in [2.75, 3.05) is 35.7 Å². The van der Waals surface area contributed by atoms with Crippen molar-refractivity contribution < 1.29 is 0 Å². The molecular weight excluding hydrogens is 440 g/mol. The Morgan fingerprint density at radius 1 is 1.15 bits per heavy atom. The number of fused-ring (bicyclic) bond motifs is 3. The maximum atomic E-state index is 9.65. The lowest BCUT2D eigenvalue weighted by Crippen LogP contribution is -2.44. The van der Waals surface area contributed by atoms with Crippen LogP contribution >= 0.6 is 11.6 Å². The van der Waals surface area contributed by atoms with Crippen LogP contribution in [0.4, 0.5) is 23.1 Å². The summed E-state index contributed by atoms with van der Waals surface area (Å²) in [6.07, 6.45) is 4.71. The smallest absolute Gasteiger partial charge is 0.247 e. The molecule has 1 aromatic carbocycles. The summed E-state index contributed by atoms with van der Waals surface area (Å²) in [4.78, 5) is 13.6. The molecule has 3 aromatic rings. The van der Waals surface area contributed by atoms with Crippen LogP contribution in [-0.2, 0) is 0 Å². The summed E-state index contributed by atoms with van der Waals surface area (Å²) in [5, 5.41) is 30.6. The van der Waals surface area contributed by atoms with Crippen molar-refractivity contribution in [1.29, 1.82) is 10.5 Å². The third-order valence-corrected chi connectivity index (χ3v) is 7.04. The number of nitriles is 2. The largest absolute Gasteiger partial charge is 0.364 e. The molecule has 0 radical (unpaired) electrons. The summed E-state index contributed by atoms with van der Waals surface area (Å²) in [5.74, 6) is 0.829. The first-order valence-corrected chi connectivity index (χ1v) is 11.3. The lowest BCUT2D eigenvalue weighted by molar-refractivity contribution is 0.292. The van der Waals surface area contributed by atoms with Crippen molar-refractivity contribution in [1.82, 2.24) is 24.5 Å². The monoisotopic (exact) mass is 460 g/mol. The second-order valence-electron chi connectivity index (χ2n) is 8.92. The Bertz CT molecular complexity index is 1350. The van der Waals surface area contributed by atoms with E-state index in [9.17, 15) is 10.5 Å². The topological polar surface area (TPSA) is 121 Å². The summed E-state index contributed by atoms with van der Waals surface area (Å²) < 4.78 is 1.47. The number of likely N-dealkylation sites (tertiary alicyclic amines) is 1. The molecule has 2 saturated heterocycles. The molecule has 166 valence electrons. The molecule has 11 heteroatoms. The molecule has 0 spiro atoms. The van der Waals surface area contributed by atoms with Crippen molar-refractivity contribution >= 4 is 40.4 Å². The van der Waals surface area contributed by atoms with Crippen molar-refractivity contribution in [3.8, 4) is 12.1 Å². The van der Waals surface area contributed by atoms with E-state index in [1.807, 2.05) is 6.07 Å². The van der Waals surface area contributed by atoms with E-state index in [2.05, 4.69) is 54.7 Å². The Balaban J connectivity index is 1.39. The van der Waals surface area contributed by atoms with Gasteiger partial charge in [0.1, 0.15) is 6.07 Å². The highest BCUT2D eigenvalue weighted by Gasteiger charge is 2.42. The molecule has 2 aromatic heterocycles. The van der Waals surface area contributed by atoms with Gasteiger partial charge < -0.3 is 15.5 Å². The molecule has 10 nitrogen and oxygen atoms in total. The predicted molar refractivity (Wildman–Crippen MR) is 124 cm³/mol. The fraction of sp³-hybridized carbons (Fsp3) is 0.409. The Labute approximate surface area is 195 Å². The Hall–Kier alpha value is -3.60. The number of nitrogens with zero attached hydrogens (tertiary/aromatic N) is 8. The van der Waals surface area contributed by atoms with E-state index in [-0.39, 0.29) is 5.95 Å². The number of piperazine rings is 1. The minimum Gasteiger partial charge on any atom is -0.364 e. The maximum Gasteiger partial charge on any atom is 0.247 e. The van der Waals surface area contributed by atoms with E-state index in [0.29, 0.717) is 51.6 Å². The van der Waals surface area contributed by atoms with E-state index in [0.717, 1.165) is 38.0 Å². The summed E-state index contributed by atoms with van der Waals surface area (Å²) >= 11 is 6.86. The second-order valence-corrected chi connectivity index (χ2v) is 9.30. The number of anilines is 4. The first-order valence-electron chi connectivity index (χ1n) is 10.9. The molecule has 1 saturated carbocycles. The SMILES string of the molecule is CN1C[C@H]2C[C@@H]1CN2c1cc(C#N)cc(Nc2nc(NC3CC3)c3ncc(C#N)n3n2)c1Cl. The quantitative estimate of drug-likeness (QED) is 0.591. The van der Waals surface area contributed by atoms with Crippen LogP contribution in [0.1, 0.15) is 30.5 Å². The number of aromatic nitrogens is 4. The lowest BCUT2D eigenvalue weighted by Gasteiger charge is -2.34. The zero-order chi connectivity index (χ0) is 22.7. The van der Waals surface area contributed by atoms with Gasteiger partial charge in [-0.1, -0.05) is 11.6 Å². The van der Waals surface area contributed by atoms with Gasteiger partial charge in [-0.15, -0.1) is 5.10 Å². The normalized spacial score (nSPS) is 21.9. The standard InChI is InChI=1S/C22H21ClN10/c1-31-10-15-6-14(31)11-32(15)18-5-12(7-24)4-17(19(18)23)28-22-29-20(27-13-2-3-13)21-26-9-16(8-25)33(21)30-22/h4-5,9,13-15H,2-3,6,10-11H2,1H3,(H2,27,28,29,30)/t14-,15-/m1/s1. The molecule has 33 heavy (non-hydrogen) atoms. The van der Waals surface area contributed by atoms with E-state index in [1.165, 1.54) is 10.7 Å². The summed E-state index contributed by atoms with van der Waals surface area (Å²) in [6.45, 7) is 1.86. The average molecular weight is 461 g/mol. The summed E-state index contributed by atoms with van der Waals surface area (Å²) in [7, 11) is 2.15. The van der Waals surface area contributed by atoms with Crippen LogP contribution in [0.2, 0.25) is 5.02 Å². The second kappa shape index (κ2) is 7.48. The minimum absolute atomic E-state index is 0.269. The highest BCUT2D eigenvalue weighted by atomic mass is 35.5. The molecule has 2 aliphatic heterocycles. The van der Waals surface area contributed by atoms with Gasteiger partial charge in [-0.25, -0.2) is 4.98 Å². The highest BCUT2D eigenvalue weighted by molar-refractivity contribution is 6.36. The van der Waals surface area contributed by atoms with Gasteiger partial charge in [-0.05, 0) is 38.4 Å². The Morgan fingerprint density at radius 2 is 2.00 bits per heavy atom. The van der Waals surface area contributed by atoms with E-state index >= 15 is 0 Å². The summed E-state index contributed by atoms with van der Waals surface area (Å²) in [6, 6.07) is 9.12. The van der Waals surface area contributed by atoms with Crippen LogP contribution in [0.3, 0.4) is 0 Å². The zero-order valence-electron chi connectivity index (χ0n) is 18.0.